The van der Waals surface area contributed by atoms with E-state index in [0.717, 1.165) is 18.4 Å². The fourth-order valence-electron chi connectivity index (χ4n) is 1.05. The monoisotopic (exact) mass is 180 g/mol. The summed E-state index contributed by atoms with van der Waals surface area (Å²) in [6.07, 6.45) is 4.64. The third kappa shape index (κ3) is 2.83. The van der Waals surface area contributed by atoms with Gasteiger partial charge in [-0.05, 0) is 31.0 Å². The predicted octanol–water partition coefficient (Wildman–Crippen LogP) is 0.671. The Morgan fingerprint density at radius 1 is 1.54 bits per heavy atom. The molecule has 1 aromatic rings. The van der Waals surface area contributed by atoms with Crippen LogP contribution < -0.4 is 5.73 Å². The van der Waals surface area contributed by atoms with E-state index in [1.807, 2.05) is 0 Å². The Morgan fingerprint density at radius 2 is 2.31 bits per heavy atom. The van der Waals surface area contributed by atoms with E-state index in [9.17, 15) is 4.79 Å². The summed E-state index contributed by atoms with van der Waals surface area (Å²) in [5, 5.41) is 8.67. The van der Waals surface area contributed by atoms with Gasteiger partial charge in [0.05, 0.1) is 5.56 Å². The second-order valence-corrected chi connectivity index (χ2v) is 2.78. The highest BCUT2D eigenvalue weighted by atomic mass is 16.4. The molecule has 4 nitrogen and oxygen atoms in total. The van der Waals surface area contributed by atoms with Gasteiger partial charge in [0.25, 0.3) is 0 Å². The molecular formula is C9H12N2O2. The number of carbonyl (C=O) groups is 1. The molecule has 0 amide bonds. The molecule has 0 aliphatic heterocycles. The lowest BCUT2D eigenvalue weighted by Crippen LogP contribution is -2.02. The Kier molecular flexibility index (Phi) is 3.40. The molecule has 0 saturated carbocycles. The number of carboxylic acid groups (broad SMARTS) is 1. The van der Waals surface area contributed by atoms with Gasteiger partial charge in [-0.25, -0.2) is 4.79 Å². The van der Waals surface area contributed by atoms with E-state index in [4.69, 9.17) is 10.8 Å². The summed E-state index contributed by atoms with van der Waals surface area (Å²) in [6, 6.07) is 1.63. The van der Waals surface area contributed by atoms with Gasteiger partial charge in [0.1, 0.15) is 0 Å². The highest BCUT2D eigenvalue weighted by Crippen LogP contribution is 2.04. The predicted molar refractivity (Wildman–Crippen MR) is 48.6 cm³/mol. The molecule has 0 radical (unpaired) electrons. The number of nitrogens with zero attached hydrogens (tertiary/aromatic N) is 1. The van der Waals surface area contributed by atoms with Gasteiger partial charge in [-0.1, -0.05) is 0 Å². The van der Waals surface area contributed by atoms with Crippen LogP contribution in [0.25, 0.3) is 0 Å². The quantitative estimate of drug-likeness (QED) is 0.714. The van der Waals surface area contributed by atoms with Crippen molar-refractivity contribution in [1.29, 1.82) is 0 Å². The van der Waals surface area contributed by atoms with Crippen molar-refractivity contribution >= 4 is 5.97 Å². The molecule has 0 saturated heterocycles. The molecule has 0 bridgehead atoms. The fourth-order valence-corrected chi connectivity index (χ4v) is 1.05. The van der Waals surface area contributed by atoms with Crippen LogP contribution in [0.2, 0.25) is 0 Å². The Morgan fingerprint density at radius 3 is 2.92 bits per heavy atom. The fraction of sp³-hybridized carbons (Fsp3) is 0.333. The summed E-state index contributed by atoms with van der Waals surface area (Å²) < 4.78 is 0. The van der Waals surface area contributed by atoms with Crippen molar-refractivity contribution in [2.24, 2.45) is 5.73 Å². The van der Waals surface area contributed by atoms with Crippen molar-refractivity contribution in [1.82, 2.24) is 4.98 Å². The van der Waals surface area contributed by atoms with E-state index in [1.54, 1.807) is 12.3 Å². The lowest BCUT2D eigenvalue weighted by molar-refractivity contribution is 0.0696. The van der Waals surface area contributed by atoms with Gasteiger partial charge in [-0.3, -0.25) is 4.98 Å². The Balaban J connectivity index is 2.73. The molecule has 0 atom stereocenters. The molecule has 13 heavy (non-hydrogen) atoms. The smallest absolute Gasteiger partial charge is 0.337 e. The van der Waals surface area contributed by atoms with Crippen LogP contribution in [0.4, 0.5) is 0 Å². The summed E-state index contributed by atoms with van der Waals surface area (Å²) in [4.78, 5) is 14.4. The highest BCUT2D eigenvalue weighted by Gasteiger charge is 2.03. The lowest BCUT2D eigenvalue weighted by Gasteiger charge is -1.99. The van der Waals surface area contributed by atoms with Crippen LogP contribution in [-0.2, 0) is 6.42 Å². The molecule has 1 rings (SSSR count). The number of hydrogen-bond acceptors (Lipinski definition) is 3. The molecular weight excluding hydrogens is 168 g/mol. The third-order valence-electron chi connectivity index (χ3n) is 1.71. The van der Waals surface area contributed by atoms with Crippen molar-refractivity contribution in [2.45, 2.75) is 12.8 Å². The van der Waals surface area contributed by atoms with Crippen LogP contribution in [0.1, 0.15) is 22.3 Å². The number of aromatic nitrogens is 1. The number of nitrogens with two attached hydrogens (primary N) is 1. The van der Waals surface area contributed by atoms with Crippen LogP contribution in [0.15, 0.2) is 18.5 Å². The van der Waals surface area contributed by atoms with Crippen molar-refractivity contribution in [3.63, 3.8) is 0 Å². The van der Waals surface area contributed by atoms with Gasteiger partial charge in [-0.2, -0.15) is 0 Å². The molecule has 0 spiro atoms. The second-order valence-electron chi connectivity index (χ2n) is 2.78. The van der Waals surface area contributed by atoms with Gasteiger partial charge < -0.3 is 10.8 Å². The normalized spacial score (nSPS) is 9.92. The van der Waals surface area contributed by atoms with Crippen LogP contribution in [0.3, 0.4) is 0 Å². The maximum absolute atomic E-state index is 10.6. The molecule has 0 unspecified atom stereocenters. The summed E-state index contributed by atoms with van der Waals surface area (Å²) in [7, 11) is 0. The van der Waals surface area contributed by atoms with E-state index in [-0.39, 0.29) is 5.56 Å². The SMILES string of the molecule is NCCCc1cncc(C(=O)O)c1. The van der Waals surface area contributed by atoms with Crippen LogP contribution in [0.5, 0.6) is 0 Å². The minimum Gasteiger partial charge on any atom is -0.478 e. The van der Waals surface area contributed by atoms with Crippen molar-refractivity contribution in [3.8, 4) is 0 Å². The Labute approximate surface area is 76.4 Å². The van der Waals surface area contributed by atoms with Crippen molar-refractivity contribution in [3.05, 3.63) is 29.6 Å². The molecule has 0 fully saturated rings. The van der Waals surface area contributed by atoms with Gasteiger partial charge in [0.15, 0.2) is 0 Å². The maximum Gasteiger partial charge on any atom is 0.337 e. The molecule has 0 aromatic carbocycles. The first kappa shape index (κ1) is 9.67. The summed E-state index contributed by atoms with van der Waals surface area (Å²) in [6.45, 7) is 0.608. The molecule has 3 N–H and O–H groups in total. The topological polar surface area (TPSA) is 76.2 Å². The van der Waals surface area contributed by atoms with E-state index in [2.05, 4.69) is 4.98 Å². The lowest BCUT2D eigenvalue weighted by atomic mass is 10.1. The van der Waals surface area contributed by atoms with E-state index in [1.165, 1.54) is 6.20 Å². The zero-order valence-electron chi connectivity index (χ0n) is 7.23. The van der Waals surface area contributed by atoms with Gasteiger partial charge in [-0.15, -0.1) is 0 Å². The van der Waals surface area contributed by atoms with E-state index < -0.39 is 5.97 Å². The minimum atomic E-state index is -0.943. The zero-order chi connectivity index (χ0) is 9.68. The maximum atomic E-state index is 10.6. The zero-order valence-corrected chi connectivity index (χ0v) is 7.23. The Bertz CT molecular complexity index is 299. The first-order valence-electron chi connectivity index (χ1n) is 4.11. The second kappa shape index (κ2) is 4.57. The average molecular weight is 180 g/mol. The molecule has 1 heterocycles. The first-order valence-corrected chi connectivity index (χ1v) is 4.11. The standard InChI is InChI=1S/C9H12N2O2/c10-3-1-2-7-4-8(9(12)13)6-11-5-7/h4-6H,1-3,10H2,(H,12,13). The number of pyridine rings is 1. The molecule has 0 aliphatic carbocycles. The average Bonchev–Trinajstić information content (AvgIpc) is 2.15. The van der Waals surface area contributed by atoms with E-state index >= 15 is 0 Å². The van der Waals surface area contributed by atoms with Crippen LogP contribution >= 0.6 is 0 Å². The summed E-state index contributed by atoms with van der Waals surface area (Å²) >= 11 is 0. The number of aromatic carboxylic acids is 1. The summed E-state index contributed by atoms with van der Waals surface area (Å²) in [5.41, 5.74) is 6.49. The van der Waals surface area contributed by atoms with Crippen molar-refractivity contribution < 1.29 is 9.90 Å². The van der Waals surface area contributed by atoms with Gasteiger partial charge >= 0.3 is 5.97 Å². The largest absolute Gasteiger partial charge is 0.478 e. The molecule has 1 aromatic heterocycles. The summed E-state index contributed by atoms with van der Waals surface area (Å²) in [5.74, 6) is -0.943. The number of aryl methyl sites for hydroxylation is 1. The molecule has 70 valence electrons. The van der Waals surface area contributed by atoms with Crippen molar-refractivity contribution in [2.75, 3.05) is 6.54 Å². The van der Waals surface area contributed by atoms with Crippen LogP contribution in [-0.4, -0.2) is 22.6 Å². The minimum absolute atomic E-state index is 0.231. The molecule has 0 aliphatic rings. The van der Waals surface area contributed by atoms with Gasteiger partial charge in [0.2, 0.25) is 0 Å². The molecule has 4 heteroatoms. The number of hydrogen-bond donors (Lipinski definition) is 2. The highest BCUT2D eigenvalue weighted by molar-refractivity contribution is 5.87. The van der Waals surface area contributed by atoms with E-state index in [0.29, 0.717) is 6.54 Å². The first-order chi connectivity index (χ1) is 6.24. The van der Waals surface area contributed by atoms with Crippen LogP contribution in [0, 0.1) is 0 Å². The van der Waals surface area contributed by atoms with Gasteiger partial charge in [0, 0.05) is 12.4 Å². The number of carboxylic acids is 1. The number of rotatable bonds is 4. The Hall–Kier alpha value is -1.42. The third-order valence-corrected chi connectivity index (χ3v) is 1.71.